The SMILES string of the molecule is COc1cccc2nc(C)cc(CCCC(F)(F)F)c12. The highest BCUT2D eigenvalue weighted by atomic mass is 19.4. The lowest BCUT2D eigenvalue weighted by atomic mass is 10.0. The molecule has 108 valence electrons. The topological polar surface area (TPSA) is 22.1 Å². The van der Waals surface area contributed by atoms with Crippen LogP contribution in [0.25, 0.3) is 10.9 Å². The number of rotatable bonds is 4. The molecule has 0 fully saturated rings. The number of fused-ring (bicyclic) bond motifs is 1. The Labute approximate surface area is 115 Å². The molecule has 1 heterocycles. The van der Waals surface area contributed by atoms with Crippen molar-refractivity contribution in [2.24, 2.45) is 0 Å². The quantitative estimate of drug-likeness (QED) is 0.827. The molecule has 2 rings (SSSR count). The predicted molar refractivity (Wildman–Crippen MR) is 72.0 cm³/mol. The fourth-order valence-corrected chi connectivity index (χ4v) is 2.33. The van der Waals surface area contributed by atoms with Crippen molar-refractivity contribution in [3.8, 4) is 5.75 Å². The smallest absolute Gasteiger partial charge is 0.389 e. The van der Waals surface area contributed by atoms with Gasteiger partial charge < -0.3 is 4.74 Å². The monoisotopic (exact) mass is 283 g/mol. The van der Waals surface area contributed by atoms with Gasteiger partial charge in [0.15, 0.2) is 0 Å². The summed E-state index contributed by atoms with van der Waals surface area (Å²) >= 11 is 0. The van der Waals surface area contributed by atoms with Crippen LogP contribution in [-0.4, -0.2) is 18.3 Å². The fourth-order valence-electron chi connectivity index (χ4n) is 2.33. The summed E-state index contributed by atoms with van der Waals surface area (Å²) in [5.74, 6) is 0.650. The van der Waals surface area contributed by atoms with Gasteiger partial charge in [0.2, 0.25) is 0 Å². The van der Waals surface area contributed by atoms with Crippen LogP contribution in [0.5, 0.6) is 5.75 Å². The lowest BCUT2D eigenvalue weighted by molar-refractivity contribution is -0.135. The Hall–Kier alpha value is -1.78. The first kappa shape index (κ1) is 14.6. The van der Waals surface area contributed by atoms with Gasteiger partial charge in [-0.3, -0.25) is 4.98 Å². The van der Waals surface area contributed by atoms with Gasteiger partial charge in [0.1, 0.15) is 5.75 Å². The van der Waals surface area contributed by atoms with Crippen LogP contribution in [0.3, 0.4) is 0 Å². The van der Waals surface area contributed by atoms with Crippen molar-refractivity contribution in [3.05, 3.63) is 35.5 Å². The number of alkyl halides is 3. The van der Waals surface area contributed by atoms with Crippen LogP contribution < -0.4 is 4.74 Å². The zero-order valence-electron chi connectivity index (χ0n) is 11.4. The molecule has 0 saturated carbocycles. The van der Waals surface area contributed by atoms with E-state index in [0.29, 0.717) is 12.2 Å². The molecule has 1 aromatic heterocycles. The maximum atomic E-state index is 12.3. The molecule has 0 N–H and O–H groups in total. The number of aryl methyl sites for hydroxylation is 2. The summed E-state index contributed by atoms with van der Waals surface area (Å²) in [4.78, 5) is 4.40. The predicted octanol–water partition coefficient (Wildman–Crippen LogP) is 4.44. The highest BCUT2D eigenvalue weighted by Gasteiger charge is 2.26. The maximum Gasteiger partial charge on any atom is 0.389 e. The number of hydrogen-bond acceptors (Lipinski definition) is 2. The second-order valence-corrected chi connectivity index (χ2v) is 4.75. The van der Waals surface area contributed by atoms with Crippen LogP contribution in [0, 0.1) is 6.92 Å². The van der Waals surface area contributed by atoms with Crippen LogP contribution in [0.1, 0.15) is 24.1 Å². The van der Waals surface area contributed by atoms with Gasteiger partial charge in [-0.2, -0.15) is 13.2 Å². The van der Waals surface area contributed by atoms with E-state index >= 15 is 0 Å². The van der Waals surface area contributed by atoms with E-state index < -0.39 is 12.6 Å². The van der Waals surface area contributed by atoms with E-state index in [-0.39, 0.29) is 6.42 Å². The summed E-state index contributed by atoms with van der Waals surface area (Å²) < 4.78 is 42.1. The van der Waals surface area contributed by atoms with Crippen molar-refractivity contribution in [2.45, 2.75) is 32.4 Å². The van der Waals surface area contributed by atoms with Crippen LogP contribution in [0.15, 0.2) is 24.3 Å². The number of benzene rings is 1. The molecule has 0 unspecified atom stereocenters. The Morgan fingerprint density at radius 1 is 1.25 bits per heavy atom. The highest BCUT2D eigenvalue weighted by molar-refractivity contribution is 5.88. The first-order valence-corrected chi connectivity index (χ1v) is 6.41. The molecule has 0 radical (unpaired) electrons. The largest absolute Gasteiger partial charge is 0.496 e. The van der Waals surface area contributed by atoms with Gasteiger partial charge in [-0.1, -0.05) is 6.07 Å². The molecule has 0 amide bonds. The molecule has 1 aromatic carbocycles. The standard InChI is InChI=1S/C15H16F3NO/c1-10-9-11(5-4-8-15(16,17)18)14-12(19-10)6-3-7-13(14)20-2/h3,6-7,9H,4-5,8H2,1-2H3. The third kappa shape index (κ3) is 3.40. The third-order valence-electron chi connectivity index (χ3n) is 3.13. The second kappa shape index (κ2) is 5.69. The summed E-state index contributed by atoms with van der Waals surface area (Å²) in [6, 6.07) is 7.30. The van der Waals surface area contributed by atoms with E-state index in [4.69, 9.17) is 4.74 Å². The molecule has 0 aliphatic heterocycles. The van der Waals surface area contributed by atoms with Gasteiger partial charge in [0.25, 0.3) is 0 Å². The molecular formula is C15H16F3NO. The van der Waals surface area contributed by atoms with Crippen molar-refractivity contribution >= 4 is 10.9 Å². The minimum Gasteiger partial charge on any atom is -0.496 e. The Kier molecular flexibility index (Phi) is 4.16. The van der Waals surface area contributed by atoms with Gasteiger partial charge >= 0.3 is 6.18 Å². The van der Waals surface area contributed by atoms with Gasteiger partial charge in [0.05, 0.1) is 12.6 Å². The molecule has 0 atom stereocenters. The lowest BCUT2D eigenvalue weighted by Crippen LogP contribution is -2.07. The van der Waals surface area contributed by atoms with Gasteiger partial charge in [-0.15, -0.1) is 0 Å². The van der Waals surface area contributed by atoms with E-state index in [1.165, 1.54) is 0 Å². The molecule has 2 nitrogen and oxygen atoms in total. The van der Waals surface area contributed by atoms with E-state index in [1.807, 2.05) is 25.1 Å². The number of methoxy groups -OCH3 is 1. The summed E-state index contributed by atoms with van der Waals surface area (Å²) in [6.45, 7) is 1.84. The van der Waals surface area contributed by atoms with Crippen LogP contribution in [-0.2, 0) is 6.42 Å². The molecule has 0 aliphatic rings. The number of hydrogen-bond donors (Lipinski definition) is 0. The van der Waals surface area contributed by atoms with Crippen LogP contribution in [0.4, 0.5) is 13.2 Å². The molecule has 0 saturated heterocycles. The van der Waals surface area contributed by atoms with Crippen molar-refractivity contribution in [2.75, 3.05) is 7.11 Å². The Bertz CT molecular complexity index is 608. The zero-order chi connectivity index (χ0) is 14.8. The summed E-state index contributed by atoms with van der Waals surface area (Å²) in [7, 11) is 1.55. The lowest BCUT2D eigenvalue weighted by Gasteiger charge is -2.12. The molecular weight excluding hydrogens is 267 g/mol. The number of pyridine rings is 1. The van der Waals surface area contributed by atoms with E-state index in [2.05, 4.69) is 4.98 Å². The Balaban J connectivity index is 2.36. The normalized spacial score (nSPS) is 11.8. The highest BCUT2D eigenvalue weighted by Crippen LogP contribution is 2.30. The zero-order valence-corrected chi connectivity index (χ0v) is 11.4. The van der Waals surface area contributed by atoms with Crippen molar-refractivity contribution in [3.63, 3.8) is 0 Å². The third-order valence-corrected chi connectivity index (χ3v) is 3.13. The second-order valence-electron chi connectivity index (χ2n) is 4.75. The molecule has 0 spiro atoms. The molecule has 2 aromatic rings. The Morgan fingerprint density at radius 2 is 2.00 bits per heavy atom. The van der Waals surface area contributed by atoms with Gasteiger partial charge in [0, 0.05) is 17.5 Å². The average Bonchev–Trinajstić information content (AvgIpc) is 2.35. The fraction of sp³-hybridized carbons (Fsp3) is 0.400. The van der Waals surface area contributed by atoms with Crippen molar-refractivity contribution < 1.29 is 17.9 Å². The molecule has 20 heavy (non-hydrogen) atoms. The number of ether oxygens (including phenoxy) is 1. The van der Waals surface area contributed by atoms with Crippen molar-refractivity contribution in [1.29, 1.82) is 0 Å². The van der Waals surface area contributed by atoms with E-state index in [0.717, 1.165) is 22.2 Å². The minimum atomic E-state index is -4.11. The van der Waals surface area contributed by atoms with Crippen molar-refractivity contribution in [1.82, 2.24) is 4.98 Å². The molecule has 5 heteroatoms. The Morgan fingerprint density at radius 3 is 2.65 bits per heavy atom. The minimum absolute atomic E-state index is 0.0695. The van der Waals surface area contributed by atoms with Gasteiger partial charge in [-0.05, 0) is 43.5 Å². The number of nitrogens with zero attached hydrogens (tertiary/aromatic N) is 1. The van der Waals surface area contributed by atoms with Gasteiger partial charge in [-0.25, -0.2) is 0 Å². The number of halogens is 3. The maximum absolute atomic E-state index is 12.3. The first-order chi connectivity index (χ1) is 9.40. The van der Waals surface area contributed by atoms with E-state index in [9.17, 15) is 13.2 Å². The van der Waals surface area contributed by atoms with Crippen LogP contribution in [0.2, 0.25) is 0 Å². The van der Waals surface area contributed by atoms with E-state index in [1.54, 1.807) is 13.2 Å². The molecule has 0 bridgehead atoms. The summed E-state index contributed by atoms with van der Waals surface area (Å²) in [6.07, 6.45) is -4.45. The molecule has 0 aliphatic carbocycles. The van der Waals surface area contributed by atoms with Crippen LogP contribution >= 0.6 is 0 Å². The summed E-state index contributed by atoms with van der Waals surface area (Å²) in [5.41, 5.74) is 2.41. The summed E-state index contributed by atoms with van der Waals surface area (Å²) in [5, 5.41) is 0.808. The average molecular weight is 283 g/mol. The number of aromatic nitrogens is 1. The first-order valence-electron chi connectivity index (χ1n) is 6.41.